The Morgan fingerprint density at radius 2 is 2.14 bits per heavy atom. The fourth-order valence-electron chi connectivity index (χ4n) is 2.76. The summed E-state index contributed by atoms with van der Waals surface area (Å²) in [6.45, 7) is 14.0. The van der Waals surface area contributed by atoms with E-state index in [1.165, 1.54) is 0 Å². The van der Waals surface area contributed by atoms with Crippen LogP contribution < -0.4 is 5.32 Å². The van der Waals surface area contributed by atoms with Gasteiger partial charge >= 0.3 is 0 Å². The number of piperazine rings is 1. The smallest absolute Gasteiger partial charge is 0.0964 e. The topological polar surface area (TPSA) is 49.2 Å². The summed E-state index contributed by atoms with van der Waals surface area (Å²) in [5.74, 6) is 0.666. The summed E-state index contributed by atoms with van der Waals surface area (Å²) < 4.78 is 1.97. The van der Waals surface area contributed by atoms with Crippen molar-refractivity contribution in [2.75, 3.05) is 39.8 Å². The van der Waals surface area contributed by atoms with Gasteiger partial charge in [-0.25, -0.2) is 0 Å². The van der Waals surface area contributed by atoms with Gasteiger partial charge in [0.2, 0.25) is 0 Å². The van der Waals surface area contributed by atoms with E-state index in [9.17, 15) is 0 Å². The van der Waals surface area contributed by atoms with Crippen molar-refractivity contribution in [1.82, 2.24) is 30.1 Å². The highest BCUT2D eigenvalue weighted by molar-refractivity contribution is 4.91. The van der Waals surface area contributed by atoms with Crippen LogP contribution in [0.25, 0.3) is 0 Å². The van der Waals surface area contributed by atoms with E-state index in [0.717, 1.165) is 51.5 Å². The Morgan fingerprint density at radius 1 is 1.33 bits per heavy atom. The molecule has 0 saturated carbocycles. The number of rotatable bonds is 7. The Balaban J connectivity index is 1.72. The van der Waals surface area contributed by atoms with Gasteiger partial charge in [-0.15, -0.1) is 5.10 Å². The SMILES string of the molecule is CC(C)CNCc1cn(CCN2CCN(C)CC2C)nn1. The van der Waals surface area contributed by atoms with E-state index in [2.05, 4.69) is 59.4 Å². The van der Waals surface area contributed by atoms with Crippen LogP contribution in [0, 0.1) is 5.92 Å². The van der Waals surface area contributed by atoms with Gasteiger partial charge in [-0.1, -0.05) is 19.1 Å². The molecule has 0 spiro atoms. The number of hydrogen-bond donors (Lipinski definition) is 1. The molecule has 0 amide bonds. The Bertz CT molecular complexity index is 416. The maximum absolute atomic E-state index is 4.23. The summed E-state index contributed by atoms with van der Waals surface area (Å²) in [6, 6.07) is 0.624. The Morgan fingerprint density at radius 3 is 2.86 bits per heavy atom. The number of aromatic nitrogens is 3. The zero-order valence-corrected chi connectivity index (χ0v) is 13.9. The van der Waals surface area contributed by atoms with Gasteiger partial charge in [-0.05, 0) is 26.4 Å². The van der Waals surface area contributed by atoms with E-state index in [1.54, 1.807) is 0 Å². The molecular weight excluding hydrogens is 264 g/mol. The molecule has 0 aromatic carbocycles. The van der Waals surface area contributed by atoms with Gasteiger partial charge in [0.15, 0.2) is 0 Å². The molecular formula is C15H30N6. The van der Waals surface area contributed by atoms with E-state index in [1.807, 2.05) is 4.68 Å². The third-order valence-electron chi connectivity index (χ3n) is 4.03. The normalized spacial score (nSPS) is 21.3. The first-order valence-electron chi connectivity index (χ1n) is 8.07. The monoisotopic (exact) mass is 294 g/mol. The van der Waals surface area contributed by atoms with Crippen molar-refractivity contribution in [3.8, 4) is 0 Å². The molecule has 1 unspecified atom stereocenters. The molecule has 1 fully saturated rings. The zero-order chi connectivity index (χ0) is 15.2. The summed E-state index contributed by atoms with van der Waals surface area (Å²) >= 11 is 0. The van der Waals surface area contributed by atoms with Crippen LogP contribution >= 0.6 is 0 Å². The van der Waals surface area contributed by atoms with Crippen molar-refractivity contribution in [2.45, 2.75) is 39.9 Å². The largest absolute Gasteiger partial charge is 0.311 e. The van der Waals surface area contributed by atoms with E-state index in [0.29, 0.717) is 12.0 Å². The minimum Gasteiger partial charge on any atom is -0.311 e. The van der Waals surface area contributed by atoms with Crippen LogP contribution in [0.4, 0.5) is 0 Å². The van der Waals surface area contributed by atoms with Crippen LogP contribution in [-0.4, -0.2) is 70.6 Å². The fraction of sp³-hybridized carbons (Fsp3) is 0.867. The number of nitrogens with zero attached hydrogens (tertiary/aromatic N) is 5. The number of hydrogen-bond acceptors (Lipinski definition) is 5. The minimum absolute atomic E-state index is 0.624. The van der Waals surface area contributed by atoms with E-state index < -0.39 is 0 Å². The summed E-state index contributed by atoms with van der Waals surface area (Å²) in [4.78, 5) is 4.94. The molecule has 0 radical (unpaired) electrons. The molecule has 1 aliphatic rings. The maximum Gasteiger partial charge on any atom is 0.0964 e. The molecule has 1 aromatic rings. The minimum atomic E-state index is 0.624. The lowest BCUT2D eigenvalue weighted by atomic mass is 10.2. The van der Waals surface area contributed by atoms with Crippen LogP contribution in [0.2, 0.25) is 0 Å². The Hall–Kier alpha value is -0.980. The average Bonchev–Trinajstić information content (AvgIpc) is 2.85. The summed E-state index contributed by atoms with van der Waals surface area (Å²) in [5, 5.41) is 11.9. The molecule has 1 atom stereocenters. The van der Waals surface area contributed by atoms with Crippen molar-refractivity contribution < 1.29 is 0 Å². The Kier molecular flexibility index (Phi) is 6.14. The molecule has 2 rings (SSSR count). The third-order valence-corrected chi connectivity index (χ3v) is 4.03. The first-order valence-corrected chi connectivity index (χ1v) is 8.07. The second kappa shape index (κ2) is 7.87. The van der Waals surface area contributed by atoms with E-state index >= 15 is 0 Å². The molecule has 120 valence electrons. The number of nitrogens with one attached hydrogen (secondary N) is 1. The van der Waals surface area contributed by atoms with Crippen molar-refractivity contribution >= 4 is 0 Å². The highest BCUT2D eigenvalue weighted by atomic mass is 15.4. The lowest BCUT2D eigenvalue weighted by molar-refractivity contribution is 0.0957. The molecule has 0 bridgehead atoms. The molecule has 2 heterocycles. The quantitative estimate of drug-likeness (QED) is 0.800. The van der Waals surface area contributed by atoms with Gasteiger partial charge in [-0.2, -0.15) is 0 Å². The van der Waals surface area contributed by atoms with Crippen molar-refractivity contribution in [2.24, 2.45) is 5.92 Å². The molecule has 6 heteroatoms. The summed E-state index contributed by atoms with van der Waals surface area (Å²) in [5.41, 5.74) is 1.03. The van der Waals surface area contributed by atoms with Crippen LogP contribution in [-0.2, 0) is 13.1 Å². The highest BCUT2D eigenvalue weighted by Gasteiger charge is 2.20. The molecule has 1 aromatic heterocycles. The van der Waals surface area contributed by atoms with Gasteiger partial charge in [0.25, 0.3) is 0 Å². The van der Waals surface area contributed by atoms with Gasteiger partial charge in [0, 0.05) is 45.0 Å². The van der Waals surface area contributed by atoms with Crippen molar-refractivity contribution in [1.29, 1.82) is 0 Å². The van der Waals surface area contributed by atoms with Crippen LogP contribution in [0.1, 0.15) is 26.5 Å². The average molecular weight is 294 g/mol. The molecule has 1 saturated heterocycles. The molecule has 6 nitrogen and oxygen atoms in total. The highest BCUT2D eigenvalue weighted by Crippen LogP contribution is 2.07. The van der Waals surface area contributed by atoms with Crippen LogP contribution in [0.15, 0.2) is 6.20 Å². The number of likely N-dealkylation sites (N-methyl/N-ethyl adjacent to an activating group) is 1. The van der Waals surface area contributed by atoms with Crippen molar-refractivity contribution in [3.05, 3.63) is 11.9 Å². The third kappa shape index (κ3) is 5.37. The maximum atomic E-state index is 4.23. The first-order chi connectivity index (χ1) is 10.0. The van der Waals surface area contributed by atoms with Crippen LogP contribution in [0.5, 0.6) is 0 Å². The fourth-order valence-corrected chi connectivity index (χ4v) is 2.76. The molecule has 1 N–H and O–H groups in total. The van der Waals surface area contributed by atoms with Gasteiger partial charge in [0.1, 0.15) is 0 Å². The lowest BCUT2D eigenvalue weighted by Crippen LogP contribution is -2.51. The van der Waals surface area contributed by atoms with Crippen LogP contribution in [0.3, 0.4) is 0 Å². The molecule has 21 heavy (non-hydrogen) atoms. The predicted octanol–water partition coefficient (Wildman–Crippen LogP) is 0.660. The molecule has 1 aliphatic heterocycles. The van der Waals surface area contributed by atoms with Gasteiger partial charge < -0.3 is 10.2 Å². The standard InChI is InChI=1S/C15H30N6/c1-13(2)9-16-10-15-12-21(18-17-15)8-7-20-6-5-19(4)11-14(20)3/h12-14,16H,5-11H2,1-4H3. The second-order valence-corrected chi connectivity index (χ2v) is 6.64. The van der Waals surface area contributed by atoms with E-state index in [-0.39, 0.29) is 0 Å². The second-order valence-electron chi connectivity index (χ2n) is 6.64. The summed E-state index contributed by atoms with van der Waals surface area (Å²) in [7, 11) is 2.20. The van der Waals surface area contributed by atoms with E-state index in [4.69, 9.17) is 0 Å². The summed E-state index contributed by atoms with van der Waals surface area (Å²) in [6.07, 6.45) is 2.06. The zero-order valence-electron chi connectivity index (χ0n) is 13.9. The van der Waals surface area contributed by atoms with Gasteiger partial charge in [0.05, 0.1) is 12.2 Å². The predicted molar refractivity (Wildman–Crippen MR) is 85.1 cm³/mol. The lowest BCUT2D eigenvalue weighted by Gasteiger charge is -2.38. The van der Waals surface area contributed by atoms with Gasteiger partial charge in [-0.3, -0.25) is 9.58 Å². The van der Waals surface area contributed by atoms with Crippen molar-refractivity contribution in [3.63, 3.8) is 0 Å². The first kappa shape index (κ1) is 16.4. The molecule has 0 aliphatic carbocycles. The Labute approximate surface area is 128 Å².